The number of pyridine rings is 1. The van der Waals surface area contributed by atoms with E-state index in [0.717, 1.165) is 12.5 Å². The minimum absolute atomic E-state index is 0.0784. The Kier molecular flexibility index (Phi) is 6.22. The van der Waals surface area contributed by atoms with Crippen molar-refractivity contribution in [3.05, 3.63) is 29.1 Å². The van der Waals surface area contributed by atoms with Crippen LogP contribution in [0.1, 0.15) is 42.6 Å². The van der Waals surface area contributed by atoms with Crippen LogP contribution in [0.25, 0.3) is 0 Å². The summed E-state index contributed by atoms with van der Waals surface area (Å²) in [6.07, 6.45) is -1.94. The molecule has 0 unspecified atom stereocenters. The van der Waals surface area contributed by atoms with Crippen molar-refractivity contribution in [2.24, 2.45) is 0 Å². The van der Waals surface area contributed by atoms with Crippen LogP contribution in [0.5, 0.6) is 0 Å². The van der Waals surface area contributed by atoms with Crippen molar-refractivity contribution in [2.45, 2.75) is 38.5 Å². The van der Waals surface area contributed by atoms with E-state index in [-0.39, 0.29) is 30.6 Å². The Morgan fingerprint density at radius 1 is 1.38 bits per heavy atom. The first-order chi connectivity index (χ1) is 12.1. The van der Waals surface area contributed by atoms with Crippen LogP contribution in [0.4, 0.5) is 13.2 Å². The number of nitrogens with zero attached hydrogens (tertiary/aromatic N) is 3. The lowest BCUT2D eigenvalue weighted by atomic mass is 10.0. The SMILES string of the molecule is CC(=O)NCc1cnc([C@H]2CCCN2CC(=O)N(C)C)cc1C(F)(F)F. The van der Waals surface area contributed by atoms with Crippen molar-refractivity contribution >= 4 is 11.8 Å². The molecular formula is C17H23F3N4O2. The molecule has 1 atom stereocenters. The summed E-state index contributed by atoms with van der Waals surface area (Å²) in [4.78, 5) is 30.5. The van der Waals surface area contributed by atoms with E-state index in [1.807, 2.05) is 4.90 Å². The number of halogens is 3. The monoisotopic (exact) mass is 372 g/mol. The van der Waals surface area contributed by atoms with Crippen LogP contribution in [0.3, 0.4) is 0 Å². The maximum atomic E-state index is 13.4. The third-order valence-corrected chi connectivity index (χ3v) is 4.38. The molecular weight excluding hydrogens is 349 g/mol. The molecule has 1 fully saturated rings. The standard InChI is InChI=1S/C17H23F3N4O2/c1-11(25)21-8-12-9-22-14(7-13(12)17(18,19)20)15-5-4-6-24(15)10-16(26)23(2)3/h7,9,15H,4-6,8,10H2,1-3H3,(H,21,25)/t15-/m1/s1. The van der Waals surface area contributed by atoms with Crippen molar-refractivity contribution in [1.29, 1.82) is 0 Å². The first-order valence-electron chi connectivity index (χ1n) is 8.34. The minimum atomic E-state index is -4.55. The first kappa shape index (κ1) is 20.2. The molecule has 0 spiro atoms. The molecule has 0 aliphatic carbocycles. The van der Waals surface area contributed by atoms with Gasteiger partial charge in [0.15, 0.2) is 0 Å². The lowest BCUT2D eigenvalue weighted by molar-refractivity contribution is -0.138. The Morgan fingerprint density at radius 3 is 2.65 bits per heavy atom. The van der Waals surface area contributed by atoms with Crippen LogP contribution in [0.2, 0.25) is 0 Å². The number of aromatic nitrogens is 1. The lowest BCUT2D eigenvalue weighted by Gasteiger charge is -2.25. The molecule has 1 saturated heterocycles. The van der Waals surface area contributed by atoms with Crippen LogP contribution >= 0.6 is 0 Å². The lowest BCUT2D eigenvalue weighted by Crippen LogP contribution is -2.36. The molecule has 1 aliphatic heterocycles. The quantitative estimate of drug-likeness (QED) is 0.858. The fourth-order valence-electron chi connectivity index (χ4n) is 2.97. The third kappa shape index (κ3) is 4.94. The van der Waals surface area contributed by atoms with Gasteiger partial charge in [-0.3, -0.25) is 19.5 Å². The third-order valence-electron chi connectivity index (χ3n) is 4.38. The van der Waals surface area contributed by atoms with E-state index >= 15 is 0 Å². The van der Waals surface area contributed by atoms with Crippen LogP contribution in [0, 0.1) is 0 Å². The highest BCUT2D eigenvalue weighted by Crippen LogP contribution is 2.36. The molecule has 9 heteroatoms. The summed E-state index contributed by atoms with van der Waals surface area (Å²) >= 11 is 0. The van der Waals surface area contributed by atoms with Gasteiger partial charge in [-0.2, -0.15) is 13.2 Å². The normalized spacial score (nSPS) is 18.0. The molecule has 0 aromatic carbocycles. The van der Waals surface area contributed by atoms with Gasteiger partial charge in [0.05, 0.1) is 23.8 Å². The Labute approximate surface area is 150 Å². The zero-order chi connectivity index (χ0) is 19.5. The summed E-state index contributed by atoms with van der Waals surface area (Å²) in [5.41, 5.74) is -0.583. The van der Waals surface area contributed by atoms with Crippen molar-refractivity contribution < 1.29 is 22.8 Å². The molecule has 2 heterocycles. The zero-order valence-corrected chi connectivity index (χ0v) is 15.1. The molecule has 1 aromatic rings. The number of carbonyl (C=O) groups excluding carboxylic acids is 2. The molecule has 26 heavy (non-hydrogen) atoms. The first-order valence-corrected chi connectivity index (χ1v) is 8.34. The summed E-state index contributed by atoms with van der Waals surface area (Å²) < 4.78 is 40.3. The number of likely N-dealkylation sites (N-methyl/N-ethyl adjacent to an activating group) is 1. The highest BCUT2D eigenvalue weighted by Gasteiger charge is 2.36. The Balaban J connectivity index is 2.28. The number of carbonyl (C=O) groups is 2. The van der Waals surface area contributed by atoms with Crippen LogP contribution in [-0.2, 0) is 22.3 Å². The van der Waals surface area contributed by atoms with Gasteiger partial charge < -0.3 is 10.2 Å². The molecule has 0 saturated carbocycles. The van der Waals surface area contributed by atoms with E-state index in [4.69, 9.17) is 0 Å². The average Bonchev–Trinajstić information content (AvgIpc) is 2.99. The number of alkyl halides is 3. The summed E-state index contributed by atoms with van der Waals surface area (Å²) in [6, 6.07) is 0.718. The van der Waals surface area contributed by atoms with E-state index in [1.54, 1.807) is 14.1 Å². The molecule has 2 amide bonds. The highest BCUT2D eigenvalue weighted by molar-refractivity contribution is 5.77. The van der Waals surface area contributed by atoms with Gasteiger partial charge in [-0.25, -0.2) is 0 Å². The van der Waals surface area contributed by atoms with Crippen molar-refractivity contribution in [1.82, 2.24) is 20.1 Å². The molecule has 1 N–H and O–H groups in total. The van der Waals surface area contributed by atoms with Gasteiger partial charge >= 0.3 is 6.18 Å². The van der Waals surface area contributed by atoms with Crippen LogP contribution in [0.15, 0.2) is 12.3 Å². The number of nitrogens with one attached hydrogen (secondary N) is 1. The molecule has 6 nitrogen and oxygen atoms in total. The molecule has 0 bridgehead atoms. The van der Waals surface area contributed by atoms with Crippen molar-refractivity contribution in [2.75, 3.05) is 27.2 Å². The van der Waals surface area contributed by atoms with E-state index < -0.39 is 17.6 Å². The van der Waals surface area contributed by atoms with Gasteiger partial charge in [0.1, 0.15) is 0 Å². The fraction of sp³-hybridized carbons (Fsp3) is 0.588. The molecule has 0 radical (unpaired) electrons. The van der Waals surface area contributed by atoms with E-state index in [0.29, 0.717) is 18.7 Å². The van der Waals surface area contributed by atoms with Crippen molar-refractivity contribution in [3.8, 4) is 0 Å². The van der Waals surface area contributed by atoms with E-state index in [9.17, 15) is 22.8 Å². The van der Waals surface area contributed by atoms with Gasteiger partial charge in [-0.1, -0.05) is 0 Å². The Morgan fingerprint density at radius 2 is 2.08 bits per heavy atom. The largest absolute Gasteiger partial charge is 0.416 e. The van der Waals surface area contributed by atoms with Crippen LogP contribution < -0.4 is 5.32 Å². The second-order valence-electron chi connectivity index (χ2n) is 6.59. The van der Waals surface area contributed by atoms with E-state index in [2.05, 4.69) is 10.3 Å². The van der Waals surface area contributed by atoms with Gasteiger partial charge in [0.2, 0.25) is 11.8 Å². The average molecular weight is 372 g/mol. The number of amides is 2. The predicted molar refractivity (Wildman–Crippen MR) is 89.0 cm³/mol. The number of hydrogen-bond donors (Lipinski definition) is 1. The second kappa shape index (κ2) is 8.03. The van der Waals surface area contributed by atoms with Gasteiger partial charge in [-0.15, -0.1) is 0 Å². The number of hydrogen-bond acceptors (Lipinski definition) is 4. The number of likely N-dealkylation sites (tertiary alicyclic amines) is 1. The van der Waals surface area contributed by atoms with Gasteiger partial charge in [0, 0.05) is 39.3 Å². The summed E-state index contributed by atoms with van der Waals surface area (Å²) in [5.74, 6) is -0.512. The highest BCUT2D eigenvalue weighted by atomic mass is 19.4. The zero-order valence-electron chi connectivity index (χ0n) is 15.1. The minimum Gasteiger partial charge on any atom is -0.352 e. The van der Waals surface area contributed by atoms with Gasteiger partial charge in [0.25, 0.3) is 0 Å². The topological polar surface area (TPSA) is 65.5 Å². The van der Waals surface area contributed by atoms with Gasteiger partial charge in [-0.05, 0) is 25.5 Å². The second-order valence-corrected chi connectivity index (χ2v) is 6.59. The molecule has 144 valence electrons. The maximum Gasteiger partial charge on any atom is 0.416 e. The maximum absolute atomic E-state index is 13.4. The summed E-state index contributed by atoms with van der Waals surface area (Å²) in [5, 5.41) is 2.37. The van der Waals surface area contributed by atoms with E-state index in [1.165, 1.54) is 18.0 Å². The molecule has 1 aliphatic rings. The Hall–Kier alpha value is -2.16. The smallest absolute Gasteiger partial charge is 0.352 e. The summed E-state index contributed by atoms with van der Waals surface area (Å²) in [6.45, 7) is 1.80. The number of rotatable bonds is 5. The predicted octanol–water partition coefficient (Wildman–Crippen LogP) is 1.96. The van der Waals surface area contributed by atoms with Crippen molar-refractivity contribution in [3.63, 3.8) is 0 Å². The fourth-order valence-corrected chi connectivity index (χ4v) is 2.97. The van der Waals surface area contributed by atoms with Crippen LogP contribution in [-0.4, -0.2) is 53.8 Å². The molecule has 2 rings (SSSR count). The Bertz CT molecular complexity index is 676. The summed E-state index contributed by atoms with van der Waals surface area (Å²) in [7, 11) is 3.29. The molecule has 1 aromatic heterocycles.